The summed E-state index contributed by atoms with van der Waals surface area (Å²) in [6, 6.07) is 16.7. The summed E-state index contributed by atoms with van der Waals surface area (Å²) in [6.45, 7) is 16.6. The van der Waals surface area contributed by atoms with Crippen LogP contribution in [0.5, 0.6) is 0 Å². The molecule has 6 rings (SSSR count). The van der Waals surface area contributed by atoms with Crippen molar-refractivity contribution in [2.45, 2.75) is 97.8 Å². The van der Waals surface area contributed by atoms with Crippen molar-refractivity contribution in [3.05, 3.63) is 92.2 Å². The Bertz CT molecular complexity index is 1520. The standard InChI is InChI=1S/C21H25.C10H9O.C6H10.2ClH.Zr/c1-20(2,3)16-9-7-14-11-15-8-10-17(21(4,5)6)13-19(15)18(14)12-16;1-8-4-5-9(7-8)10-3-2-6-11-10;1-2-4-6-5-3-1;;;/h7,9-10,12-13H,11H2,1-6H3;2-3,5-8H,1H3;1-5H2;2*1H;/q;;;;;+2/p-2. The monoisotopic (exact) mass is 664 g/mol. The van der Waals surface area contributed by atoms with Crippen molar-refractivity contribution < 1.29 is 50.5 Å². The molecule has 0 spiro atoms. The molecule has 0 amide bonds. The smallest absolute Gasteiger partial charge is 1.00 e. The van der Waals surface area contributed by atoms with Crippen molar-refractivity contribution in [3.63, 3.8) is 0 Å². The number of hydrogen-bond donors (Lipinski definition) is 0. The molecule has 3 aliphatic carbocycles. The molecule has 41 heavy (non-hydrogen) atoms. The van der Waals surface area contributed by atoms with E-state index in [1.54, 1.807) is 12.1 Å². The van der Waals surface area contributed by atoms with Crippen LogP contribution in [0.15, 0.2) is 68.6 Å². The molecule has 1 unspecified atom stereocenters. The van der Waals surface area contributed by atoms with Crippen molar-refractivity contribution in [3.8, 4) is 11.1 Å². The van der Waals surface area contributed by atoms with Crippen LogP contribution in [-0.4, -0.2) is 3.21 Å². The van der Waals surface area contributed by atoms with E-state index in [0.717, 1.165) is 12.2 Å². The van der Waals surface area contributed by atoms with E-state index < -0.39 is 21.3 Å². The summed E-state index contributed by atoms with van der Waals surface area (Å²) in [5.41, 5.74) is 10.7. The molecule has 216 valence electrons. The second-order valence-electron chi connectivity index (χ2n) is 14.1. The third-order valence-electron chi connectivity index (χ3n) is 9.15. The van der Waals surface area contributed by atoms with Crippen LogP contribution < -0.4 is 28.1 Å². The molecule has 1 saturated carbocycles. The van der Waals surface area contributed by atoms with Crippen LogP contribution in [0.1, 0.15) is 109 Å². The number of fused-ring (bicyclic) bond motifs is 3. The summed E-state index contributed by atoms with van der Waals surface area (Å²) in [6.07, 6.45) is 14.7. The molecule has 0 N–H and O–H groups in total. The maximum absolute atomic E-state index is 5.87. The molecule has 3 aromatic rings. The van der Waals surface area contributed by atoms with Gasteiger partial charge in [-0.2, -0.15) is 0 Å². The van der Waals surface area contributed by atoms with E-state index in [2.05, 4.69) is 97.0 Å². The molecule has 3 aliphatic rings. The van der Waals surface area contributed by atoms with Crippen LogP contribution >= 0.6 is 0 Å². The average Bonchev–Trinajstić information content (AvgIpc) is 3.62. The quantitative estimate of drug-likeness (QED) is 0.327. The molecule has 1 nitrogen and oxygen atoms in total. The first kappa shape index (κ1) is 32.4. The zero-order valence-corrected chi connectivity index (χ0v) is 29.7. The number of furan rings is 1. The maximum Gasteiger partial charge on any atom is -1.00 e. The van der Waals surface area contributed by atoms with E-state index in [4.69, 9.17) is 4.42 Å². The molecule has 1 heterocycles. The van der Waals surface area contributed by atoms with Crippen LogP contribution in [-0.2, 0) is 38.5 Å². The molecule has 1 fully saturated rings. The Kier molecular flexibility index (Phi) is 9.70. The van der Waals surface area contributed by atoms with Gasteiger partial charge in [-0.3, -0.25) is 0 Å². The second-order valence-corrected chi connectivity index (χ2v) is 20.5. The fourth-order valence-electron chi connectivity index (χ4n) is 6.78. The molecule has 0 bridgehead atoms. The summed E-state index contributed by atoms with van der Waals surface area (Å²) in [4.78, 5) is 0. The zero-order chi connectivity index (χ0) is 27.5. The Hall–Kier alpha value is -1.47. The molecule has 1 atom stereocenters. The van der Waals surface area contributed by atoms with Gasteiger partial charge in [0.1, 0.15) is 0 Å². The summed E-state index contributed by atoms with van der Waals surface area (Å²) >= 11 is -2.37. The van der Waals surface area contributed by atoms with Gasteiger partial charge >= 0.3 is 245 Å². The molecular formula is C37H44Cl2OZr. The predicted octanol–water partition coefficient (Wildman–Crippen LogP) is 3.45. The largest absolute Gasteiger partial charge is 1.00 e. The SMILES string of the molecule is CC1C=C(c2ccco2)C=[C]1[Zr+2](=[C]1CCCCC1)[c]1cc(C(C)(C)C)cc2c1Cc1ccc(C(C)(C)C)cc1-2.[Cl-].[Cl-]. The van der Waals surface area contributed by atoms with E-state index in [1.165, 1.54) is 65.5 Å². The molecule has 1 aromatic heterocycles. The number of benzene rings is 2. The third-order valence-corrected chi connectivity index (χ3v) is 17.4. The molecule has 0 radical (unpaired) electrons. The fraction of sp³-hybridized carbons (Fsp3) is 0.432. The van der Waals surface area contributed by atoms with E-state index in [1.807, 2.05) is 15.5 Å². The van der Waals surface area contributed by atoms with E-state index in [-0.39, 0.29) is 35.6 Å². The van der Waals surface area contributed by atoms with Gasteiger partial charge in [-0.15, -0.1) is 0 Å². The van der Waals surface area contributed by atoms with Crippen LogP contribution in [0.3, 0.4) is 0 Å². The van der Waals surface area contributed by atoms with E-state index >= 15 is 0 Å². The minimum absolute atomic E-state index is 0. The minimum Gasteiger partial charge on any atom is -1.00 e. The van der Waals surface area contributed by atoms with Crippen LogP contribution in [0, 0.1) is 5.92 Å². The average molecular weight is 667 g/mol. The second kappa shape index (κ2) is 12.3. The van der Waals surface area contributed by atoms with Gasteiger partial charge in [-0.25, -0.2) is 0 Å². The summed E-state index contributed by atoms with van der Waals surface area (Å²) < 4.78 is 11.3. The topological polar surface area (TPSA) is 13.1 Å². The van der Waals surface area contributed by atoms with Crippen LogP contribution in [0.4, 0.5) is 0 Å². The Morgan fingerprint density at radius 1 is 0.805 bits per heavy atom. The zero-order valence-electron chi connectivity index (χ0n) is 25.8. The van der Waals surface area contributed by atoms with Gasteiger partial charge in [0.15, 0.2) is 0 Å². The van der Waals surface area contributed by atoms with Crippen molar-refractivity contribution in [1.29, 1.82) is 0 Å². The van der Waals surface area contributed by atoms with Gasteiger partial charge in [0.2, 0.25) is 0 Å². The first-order valence-electron chi connectivity index (χ1n) is 15.0. The van der Waals surface area contributed by atoms with Crippen molar-refractivity contribution in [2.75, 3.05) is 0 Å². The van der Waals surface area contributed by atoms with Crippen molar-refractivity contribution in [1.82, 2.24) is 0 Å². The van der Waals surface area contributed by atoms with Gasteiger partial charge in [-0.1, -0.05) is 0 Å². The van der Waals surface area contributed by atoms with Gasteiger partial charge in [0.05, 0.1) is 0 Å². The predicted molar refractivity (Wildman–Crippen MR) is 164 cm³/mol. The summed E-state index contributed by atoms with van der Waals surface area (Å²) in [7, 11) is 0. The van der Waals surface area contributed by atoms with Gasteiger partial charge in [0, 0.05) is 0 Å². The molecule has 0 saturated heterocycles. The fourth-order valence-corrected chi connectivity index (χ4v) is 15.7. The number of allylic oxidation sites excluding steroid dienone is 4. The van der Waals surface area contributed by atoms with Gasteiger partial charge < -0.3 is 24.8 Å². The van der Waals surface area contributed by atoms with Crippen molar-refractivity contribution in [2.24, 2.45) is 5.92 Å². The Morgan fingerprint density at radius 2 is 1.49 bits per heavy atom. The summed E-state index contributed by atoms with van der Waals surface area (Å²) in [5, 5.41) is 0. The first-order chi connectivity index (χ1) is 18.5. The van der Waals surface area contributed by atoms with E-state index in [0.29, 0.717) is 5.92 Å². The van der Waals surface area contributed by atoms with E-state index in [9.17, 15) is 0 Å². The molecule has 4 heteroatoms. The summed E-state index contributed by atoms with van der Waals surface area (Å²) in [5.74, 6) is 1.50. The molecule has 2 aromatic carbocycles. The Morgan fingerprint density at radius 3 is 2.12 bits per heavy atom. The minimum atomic E-state index is -2.37. The molecule has 0 aliphatic heterocycles. The van der Waals surface area contributed by atoms with Crippen LogP contribution in [0.2, 0.25) is 0 Å². The number of hydrogen-bond acceptors (Lipinski definition) is 1. The van der Waals surface area contributed by atoms with Gasteiger partial charge in [-0.05, 0) is 0 Å². The normalized spacial score (nSPS) is 17.9. The maximum atomic E-state index is 5.87. The van der Waals surface area contributed by atoms with Crippen LogP contribution in [0.25, 0.3) is 16.7 Å². The third kappa shape index (κ3) is 6.27. The Balaban J connectivity index is 0.00000194. The van der Waals surface area contributed by atoms with Crippen molar-refractivity contribution >= 4 is 12.1 Å². The number of rotatable bonds is 3. The molecular weight excluding hydrogens is 623 g/mol. The Labute approximate surface area is 267 Å². The first-order valence-corrected chi connectivity index (χ1v) is 18.7. The van der Waals surface area contributed by atoms with Gasteiger partial charge in [0.25, 0.3) is 0 Å². The number of halogens is 2.